The summed E-state index contributed by atoms with van der Waals surface area (Å²) < 4.78 is 2.00. The van der Waals surface area contributed by atoms with E-state index in [0.717, 1.165) is 35.3 Å². The van der Waals surface area contributed by atoms with E-state index in [-0.39, 0.29) is 0 Å². The van der Waals surface area contributed by atoms with E-state index in [9.17, 15) is 0 Å². The Morgan fingerprint density at radius 3 is 2.79 bits per heavy atom. The van der Waals surface area contributed by atoms with Crippen molar-refractivity contribution in [2.75, 3.05) is 0 Å². The average Bonchev–Trinajstić information content (AvgIpc) is 2.93. The lowest BCUT2D eigenvalue weighted by Crippen LogP contribution is -1.98. The van der Waals surface area contributed by atoms with Crippen LogP contribution in [0.2, 0.25) is 0 Å². The lowest BCUT2D eigenvalue weighted by molar-refractivity contribution is 0.573. The van der Waals surface area contributed by atoms with Gasteiger partial charge in [0, 0.05) is 18.1 Å². The minimum absolute atomic E-state index is 0.939. The van der Waals surface area contributed by atoms with Crippen LogP contribution in [-0.2, 0) is 6.54 Å². The van der Waals surface area contributed by atoms with E-state index in [4.69, 9.17) is 0 Å². The maximum Gasteiger partial charge on any atom is 0.111 e. The number of unbranched alkanes of at least 4 members (excludes halogenated alkanes) is 1. The number of hydrogen-bond donors (Lipinski definition) is 0. The first-order valence-electron chi connectivity index (χ1n) is 6.76. The third-order valence-electron chi connectivity index (χ3n) is 3.24. The van der Waals surface area contributed by atoms with E-state index in [1.807, 2.05) is 41.2 Å². The maximum absolute atomic E-state index is 4.66. The summed E-state index contributed by atoms with van der Waals surface area (Å²) in [6, 6.07) is 14.3. The number of fused-ring (bicyclic) bond motifs is 1. The number of nitrogens with zero attached hydrogens (tertiary/aromatic N) is 3. The third-order valence-corrected chi connectivity index (χ3v) is 3.24. The fourth-order valence-corrected chi connectivity index (χ4v) is 2.15. The van der Waals surface area contributed by atoms with Gasteiger partial charge in [0.15, 0.2) is 0 Å². The Hall–Kier alpha value is -2.16. The summed E-state index contributed by atoms with van der Waals surface area (Å²) in [4.78, 5) is 4.66. The summed E-state index contributed by atoms with van der Waals surface area (Å²) in [6.07, 6.45) is 4.37. The zero-order valence-electron chi connectivity index (χ0n) is 11.1. The highest BCUT2D eigenvalue weighted by atomic mass is 15.3. The molecule has 0 aliphatic rings. The molecule has 0 N–H and O–H groups in total. The SMILES string of the molecule is CCCCn1ccc(-c2ccc3ccccc3n2)n1. The minimum Gasteiger partial charge on any atom is -0.272 e. The van der Waals surface area contributed by atoms with Gasteiger partial charge in [0.25, 0.3) is 0 Å². The quantitative estimate of drug-likeness (QED) is 0.704. The molecule has 3 rings (SSSR count). The smallest absolute Gasteiger partial charge is 0.111 e. The van der Waals surface area contributed by atoms with Crippen LogP contribution in [-0.4, -0.2) is 14.8 Å². The molecular formula is C16H17N3. The zero-order chi connectivity index (χ0) is 13.1. The van der Waals surface area contributed by atoms with Crippen LogP contribution in [0, 0.1) is 0 Å². The van der Waals surface area contributed by atoms with E-state index in [2.05, 4.69) is 29.1 Å². The molecule has 0 spiro atoms. The summed E-state index contributed by atoms with van der Waals surface area (Å²) in [7, 11) is 0. The van der Waals surface area contributed by atoms with E-state index in [0.29, 0.717) is 0 Å². The third kappa shape index (κ3) is 2.50. The molecule has 3 heteroatoms. The lowest BCUT2D eigenvalue weighted by Gasteiger charge is -2.01. The second-order valence-electron chi connectivity index (χ2n) is 4.71. The molecule has 0 fully saturated rings. The lowest BCUT2D eigenvalue weighted by atomic mass is 10.2. The van der Waals surface area contributed by atoms with Crippen LogP contribution in [0.3, 0.4) is 0 Å². The first-order valence-corrected chi connectivity index (χ1v) is 6.76. The number of aryl methyl sites for hydroxylation is 1. The molecule has 1 aromatic carbocycles. The number of aromatic nitrogens is 3. The minimum atomic E-state index is 0.939. The molecule has 0 saturated carbocycles. The van der Waals surface area contributed by atoms with Gasteiger partial charge in [-0.15, -0.1) is 0 Å². The highest BCUT2D eigenvalue weighted by Gasteiger charge is 2.04. The summed E-state index contributed by atoms with van der Waals surface area (Å²) in [5.74, 6) is 0. The second kappa shape index (κ2) is 5.22. The van der Waals surface area contributed by atoms with Crippen molar-refractivity contribution in [2.24, 2.45) is 0 Å². The molecule has 0 unspecified atom stereocenters. The van der Waals surface area contributed by atoms with Gasteiger partial charge in [-0.05, 0) is 24.6 Å². The predicted molar refractivity (Wildman–Crippen MR) is 77.9 cm³/mol. The predicted octanol–water partition coefficient (Wildman–Crippen LogP) is 3.90. The topological polar surface area (TPSA) is 30.7 Å². The van der Waals surface area contributed by atoms with Gasteiger partial charge in [-0.25, -0.2) is 4.98 Å². The van der Waals surface area contributed by atoms with Crippen molar-refractivity contribution in [3.63, 3.8) is 0 Å². The van der Waals surface area contributed by atoms with Crippen molar-refractivity contribution in [1.82, 2.24) is 14.8 Å². The van der Waals surface area contributed by atoms with Gasteiger partial charge in [0.05, 0.1) is 11.2 Å². The van der Waals surface area contributed by atoms with Gasteiger partial charge >= 0.3 is 0 Å². The maximum atomic E-state index is 4.66. The first kappa shape index (κ1) is 11.9. The highest BCUT2D eigenvalue weighted by Crippen LogP contribution is 2.19. The normalized spacial score (nSPS) is 11.0. The molecule has 0 saturated heterocycles. The van der Waals surface area contributed by atoms with Crippen molar-refractivity contribution < 1.29 is 0 Å². The number of hydrogen-bond acceptors (Lipinski definition) is 2. The Bertz CT molecular complexity index is 685. The van der Waals surface area contributed by atoms with E-state index in [1.165, 1.54) is 6.42 Å². The van der Waals surface area contributed by atoms with Crippen molar-refractivity contribution in [2.45, 2.75) is 26.3 Å². The van der Waals surface area contributed by atoms with E-state index < -0.39 is 0 Å². The summed E-state index contributed by atoms with van der Waals surface area (Å²) in [6.45, 7) is 3.17. The molecular weight excluding hydrogens is 234 g/mol. The number of para-hydroxylation sites is 1. The van der Waals surface area contributed by atoms with Gasteiger partial charge in [-0.1, -0.05) is 37.6 Å². The monoisotopic (exact) mass is 251 g/mol. The standard InChI is InChI=1S/C16H17N3/c1-2-3-11-19-12-10-16(18-19)15-9-8-13-6-4-5-7-14(13)17-15/h4-10,12H,2-3,11H2,1H3. The molecule has 3 aromatic rings. The molecule has 3 nitrogen and oxygen atoms in total. The molecule has 2 heterocycles. The Balaban J connectivity index is 1.92. The van der Waals surface area contributed by atoms with E-state index in [1.54, 1.807) is 0 Å². The first-order chi connectivity index (χ1) is 9.36. The van der Waals surface area contributed by atoms with Crippen LogP contribution in [0.1, 0.15) is 19.8 Å². The Morgan fingerprint density at radius 2 is 1.89 bits per heavy atom. The fourth-order valence-electron chi connectivity index (χ4n) is 2.15. The Morgan fingerprint density at radius 1 is 1.00 bits per heavy atom. The van der Waals surface area contributed by atoms with Gasteiger partial charge in [-0.2, -0.15) is 5.10 Å². The summed E-state index contributed by atoms with van der Waals surface area (Å²) in [5, 5.41) is 5.74. The Labute approximate surface area is 112 Å². The molecule has 0 aliphatic heterocycles. The van der Waals surface area contributed by atoms with Crippen molar-refractivity contribution in [1.29, 1.82) is 0 Å². The molecule has 19 heavy (non-hydrogen) atoms. The molecule has 0 aliphatic carbocycles. The highest BCUT2D eigenvalue weighted by molar-refractivity contribution is 5.80. The molecule has 96 valence electrons. The molecule has 0 atom stereocenters. The van der Waals surface area contributed by atoms with Crippen molar-refractivity contribution in [3.05, 3.63) is 48.7 Å². The van der Waals surface area contributed by atoms with Gasteiger partial charge < -0.3 is 0 Å². The summed E-state index contributed by atoms with van der Waals surface area (Å²) in [5.41, 5.74) is 2.90. The second-order valence-corrected chi connectivity index (χ2v) is 4.71. The van der Waals surface area contributed by atoms with Crippen LogP contribution in [0.25, 0.3) is 22.3 Å². The molecule has 0 radical (unpaired) electrons. The van der Waals surface area contributed by atoms with Gasteiger partial charge in [0.2, 0.25) is 0 Å². The molecule has 0 bridgehead atoms. The van der Waals surface area contributed by atoms with Crippen molar-refractivity contribution >= 4 is 10.9 Å². The zero-order valence-corrected chi connectivity index (χ0v) is 11.1. The molecule has 0 amide bonds. The number of pyridine rings is 1. The van der Waals surface area contributed by atoms with Gasteiger partial charge in [0.1, 0.15) is 5.69 Å². The fraction of sp³-hybridized carbons (Fsp3) is 0.250. The molecule has 2 aromatic heterocycles. The summed E-state index contributed by atoms with van der Waals surface area (Å²) >= 11 is 0. The van der Waals surface area contributed by atoms with E-state index >= 15 is 0 Å². The number of benzene rings is 1. The van der Waals surface area contributed by atoms with Crippen LogP contribution in [0.15, 0.2) is 48.7 Å². The van der Waals surface area contributed by atoms with Crippen LogP contribution in [0.4, 0.5) is 0 Å². The number of rotatable bonds is 4. The van der Waals surface area contributed by atoms with Crippen LogP contribution in [0.5, 0.6) is 0 Å². The Kier molecular flexibility index (Phi) is 3.27. The van der Waals surface area contributed by atoms with Crippen LogP contribution < -0.4 is 0 Å². The van der Waals surface area contributed by atoms with Gasteiger partial charge in [-0.3, -0.25) is 4.68 Å². The average molecular weight is 251 g/mol. The van der Waals surface area contributed by atoms with Crippen LogP contribution >= 0.6 is 0 Å². The largest absolute Gasteiger partial charge is 0.272 e. The van der Waals surface area contributed by atoms with Crippen molar-refractivity contribution in [3.8, 4) is 11.4 Å².